The molecule has 2 aliphatic heterocycles. The Morgan fingerprint density at radius 2 is 1.38 bits per heavy atom. The standard InChI is InChI=1S/C30H41N3O6S.C21H11Br4NO5/c34-29(12-15-36-17-19-38-21-22-39-20-18-37-16-14-31-24-40)32-13-11-30(35)33-23-27-7-2-1-5-25(27)9-10-26-6-3-4-8-28(26)33;1-26-7-2-3-8(9(4-7)21(29)30)14-10-5-12(22)17(27)15(24)19(10)31-20-11(14)6-13(23)18(28)16(20)25/h1-8,24H,9-23H2,(H,31,40)(H,32,34);2-6,26-27H,1H3,(H,29,30). The number of nitrogens with zero attached hydrogens (tertiary/aromatic N) is 1. The van der Waals surface area contributed by atoms with Crippen LogP contribution in [-0.2, 0) is 47.9 Å². The number of aromatic carboxylic acids is 1. The number of hydrogen-bond donors (Lipinski definition) is 5. The molecule has 0 radical (unpaired) electrons. The first-order valence-electron chi connectivity index (χ1n) is 22.5. The van der Waals surface area contributed by atoms with E-state index in [1.54, 1.807) is 31.3 Å². The molecule has 2 heterocycles. The lowest BCUT2D eigenvalue weighted by Crippen LogP contribution is -2.35. The molecule has 376 valence electrons. The van der Waals surface area contributed by atoms with Crippen LogP contribution in [0, 0.1) is 0 Å². The molecule has 15 nitrogen and oxygen atoms in total. The van der Waals surface area contributed by atoms with E-state index < -0.39 is 5.97 Å². The summed E-state index contributed by atoms with van der Waals surface area (Å²) in [5, 5.41) is 29.5. The lowest BCUT2D eigenvalue weighted by molar-refractivity contribution is -0.122. The second kappa shape index (κ2) is 27.9. The van der Waals surface area contributed by atoms with E-state index in [1.807, 2.05) is 35.2 Å². The molecular weight excluding hydrogens is 1200 g/mol. The second-order valence-electron chi connectivity index (χ2n) is 15.8. The molecule has 0 bridgehead atoms. The van der Waals surface area contributed by atoms with Gasteiger partial charge in [0.05, 0.1) is 79.4 Å². The number of carboxylic acid groups (broad SMARTS) is 1. The number of ether oxygens (including phenoxy) is 4. The van der Waals surface area contributed by atoms with Gasteiger partial charge in [0.15, 0.2) is 11.3 Å². The molecule has 0 saturated heterocycles. The number of amides is 2. The van der Waals surface area contributed by atoms with Crippen molar-refractivity contribution in [3.8, 4) is 28.2 Å². The maximum absolute atomic E-state index is 13.2. The van der Waals surface area contributed by atoms with Gasteiger partial charge in [0.25, 0.3) is 0 Å². The largest absolute Gasteiger partial charge is 0.505 e. The number of phenolic OH excluding ortho intramolecular Hbond substituents is 1. The summed E-state index contributed by atoms with van der Waals surface area (Å²) in [5.74, 6) is -1.10. The predicted molar refractivity (Wildman–Crippen MR) is 292 cm³/mol. The Kier molecular flexibility index (Phi) is 21.8. The van der Waals surface area contributed by atoms with E-state index in [-0.39, 0.29) is 68.2 Å². The van der Waals surface area contributed by atoms with E-state index >= 15 is 0 Å². The number of carboxylic acids is 1. The van der Waals surface area contributed by atoms with Gasteiger partial charge >= 0.3 is 5.97 Å². The average Bonchev–Trinajstić information content (AvgIpc) is 3.36. The van der Waals surface area contributed by atoms with Gasteiger partial charge in [-0.1, -0.05) is 60.7 Å². The van der Waals surface area contributed by atoms with Crippen LogP contribution < -0.4 is 26.3 Å². The van der Waals surface area contributed by atoms with Crippen LogP contribution in [0.25, 0.3) is 33.4 Å². The highest BCUT2D eigenvalue weighted by atomic mass is 79.9. The van der Waals surface area contributed by atoms with Crippen molar-refractivity contribution >= 4 is 122 Å². The maximum atomic E-state index is 13.2. The molecule has 4 aromatic rings. The van der Waals surface area contributed by atoms with Crippen LogP contribution in [0.15, 0.2) is 106 Å². The molecule has 0 unspecified atom stereocenters. The molecule has 0 spiro atoms. The summed E-state index contributed by atoms with van der Waals surface area (Å²) in [6, 6.07) is 24.6. The summed E-state index contributed by atoms with van der Waals surface area (Å²) in [7, 11) is 1.70. The molecule has 0 atom stereocenters. The summed E-state index contributed by atoms with van der Waals surface area (Å²) < 4.78 is 28.9. The monoisotopic (exact) mass is 1240 g/mol. The topological polar surface area (TPSA) is 198 Å². The fourth-order valence-corrected chi connectivity index (χ4v) is 10.2. The van der Waals surface area contributed by atoms with Crippen molar-refractivity contribution in [2.75, 3.05) is 83.2 Å². The number of anilines is 2. The molecule has 5 N–H and O–H groups in total. The minimum Gasteiger partial charge on any atom is -0.505 e. The summed E-state index contributed by atoms with van der Waals surface area (Å²) >= 11 is 17.9. The summed E-state index contributed by atoms with van der Waals surface area (Å²) in [5.41, 5.74) is 8.18. The zero-order valence-electron chi connectivity index (χ0n) is 38.6. The van der Waals surface area contributed by atoms with Crippen molar-refractivity contribution in [2.24, 2.45) is 0 Å². The lowest BCUT2D eigenvalue weighted by Gasteiger charge is -2.29. The van der Waals surface area contributed by atoms with Gasteiger partial charge in [-0.2, -0.15) is 0 Å². The molecule has 71 heavy (non-hydrogen) atoms. The first kappa shape index (κ1) is 55.5. The molecule has 20 heteroatoms. The minimum atomic E-state index is -1.11. The zero-order valence-corrected chi connectivity index (χ0v) is 45.8. The van der Waals surface area contributed by atoms with Crippen LogP contribution in [0.3, 0.4) is 0 Å². The first-order valence-corrected chi connectivity index (χ1v) is 26.2. The Balaban J connectivity index is 0.000000239. The maximum Gasteiger partial charge on any atom is 0.336 e. The number of rotatable bonds is 22. The van der Waals surface area contributed by atoms with Crippen LogP contribution in [0.2, 0.25) is 0 Å². The second-order valence-corrected chi connectivity index (χ2v) is 19.3. The van der Waals surface area contributed by atoms with Crippen LogP contribution >= 0.6 is 75.9 Å². The van der Waals surface area contributed by atoms with Gasteiger partial charge in [-0.15, -0.1) is 0 Å². The van der Waals surface area contributed by atoms with Crippen molar-refractivity contribution in [1.29, 1.82) is 0 Å². The molecule has 0 saturated carbocycles. The van der Waals surface area contributed by atoms with E-state index in [4.69, 9.17) is 23.4 Å². The number of halogens is 4. The molecule has 7 rings (SSSR count). The highest BCUT2D eigenvalue weighted by molar-refractivity contribution is 9.11. The molecule has 0 aromatic heterocycles. The Morgan fingerprint density at radius 3 is 2.06 bits per heavy atom. The summed E-state index contributed by atoms with van der Waals surface area (Å²) in [4.78, 5) is 51.9. The van der Waals surface area contributed by atoms with E-state index in [9.17, 15) is 29.4 Å². The third kappa shape index (κ3) is 14.9. The number of carbonyl (C=O) groups excluding carboxylic acids is 2. The number of thiocarbonyl (C=S) groups is 1. The van der Waals surface area contributed by atoms with Gasteiger partial charge in [-0.3, -0.25) is 14.4 Å². The minimum absolute atomic E-state index is 0.00584. The smallest absolute Gasteiger partial charge is 0.336 e. The number of fused-ring (bicyclic) bond motifs is 4. The fraction of sp³-hybridized carbons (Fsp3) is 0.314. The van der Waals surface area contributed by atoms with Crippen LogP contribution in [-0.4, -0.2) is 106 Å². The molecule has 4 aromatic carbocycles. The summed E-state index contributed by atoms with van der Waals surface area (Å²) in [6.45, 7) is 5.22. The number of carbonyl (C=O) groups is 3. The predicted octanol–water partition coefficient (Wildman–Crippen LogP) is 9.89. The molecule has 3 aliphatic rings. The average molecular weight is 1250 g/mol. The van der Waals surface area contributed by atoms with E-state index in [0.29, 0.717) is 103 Å². The summed E-state index contributed by atoms with van der Waals surface area (Å²) in [6.07, 6.45) is 2.31. The van der Waals surface area contributed by atoms with Crippen LogP contribution in [0.5, 0.6) is 5.75 Å². The number of aromatic hydroxyl groups is 1. The van der Waals surface area contributed by atoms with Gasteiger partial charge in [0, 0.05) is 60.9 Å². The number of aryl methyl sites for hydroxylation is 2. The van der Waals surface area contributed by atoms with Gasteiger partial charge < -0.3 is 54.4 Å². The Morgan fingerprint density at radius 1 is 0.746 bits per heavy atom. The van der Waals surface area contributed by atoms with E-state index in [0.717, 1.165) is 18.5 Å². The van der Waals surface area contributed by atoms with Crippen molar-refractivity contribution in [3.05, 3.63) is 129 Å². The normalized spacial score (nSPS) is 12.0. The third-order valence-corrected chi connectivity index (χ3v) is 14.1. The Hall–Kier alpha value is -4.77. The van der Waals surface area contributed by atoms with Crippen molar-refractivity contribution in [2.45, 2.75) is 32.2 Å². The van der Waals surface area contributed by atoms with Gasteiger partial charge in [0.2, 0.25) is 17.2 Å². The van der Waals surface area contributed by atoms with E-state index in [2.05, 4.69) is 110 Å². The Labute approximate surface area is 449 Å². The molecule has 1 aliphatic carbocycles. The number of benzene rings is 5. The van der Waals surface area contributed by atoms with Gasteiger partial charge in [-0.25, -0.2) is 4.79 Å². The Bertz CT molecular complexity index is 2870. The van der Waals surface area contributed by atoms with E-state index in [1.165, 1.54) is 28.2 Å². The number of hydrogen-bond acceptors (Lipinski definition) is 12. The van der Waals surface area contributed by atoms with Crippen molar-refractivity contribution in [1.82, 2.24) is 10.6 Å². The highest BCUT2D eigenvalue weighted by Crippen LogP contribution is 2.49. The lowest BCUT2D eigenvalue weighted by atomic mass is 9.90. The number of para-hydroxylation sites is 1. The van der Waals surface area contributed by atoms with Gasteiger partial charge in [0.1, 0.15) is 14.7 Å². The number of phenols is 1. The SMILES string of the molecule is CNc1ccc(-c2c3cc(Br)c(=O)c(Br)c-3oc3c(Br)c(O)c(Br)cc23)c(C(=O)O)c1.O=C(CCOCCOCCOCCOCCNC=S)NCCC(=O)N1Cc2ccccc2CCc2ccccc21. The van der Waals surface area contributed by atoms with Crippen LogP contribution in [0.4, 0.5) is 11.4 Å². The van der Waals surface area contributed by atoms with Crippen molar-refractivity contribution < 1.29 is 48.0 Å². The first-order chi connectivity index (χ1) is 34.3. The van der Waals surface area contributed by atoms with Gasteiger partial charge in [-0.05, 0) is 129 Å². The quantitative estimate of drug-likeness (QED) is 0.0245. The zero-order chi connectivity index (χ0) is 50.9. The third-order valence-electron chi connectivity index (χ3n) is 11.2. The molecule has 2 amide bonds. The van der Waals surface area contributed by atoms with Crippen molar-refractivity contribution in [3.63, 3.8) is 0 Å². The highest BCUT2D eigenvalue weighted by Gasteiger charge is 2.28. The van der Waals surface area contributed by atoms with Crippen LogP contribution in [0.1, 0.15) is 39.9 Å². The molecule has 0 fully saturated rings. The fourth-order valence-electron chi connectivity index (χ4n) is 7.72. The number of nitrogens with one attached hydrogen (secondary N) is 3. The molecular formula is C51H52Br4N4O11S.